The number of hydrogen-bond acceptors (Lipinski definition) is 13. The van der Waals surface area contributed by atoms with Gasteiger partial charge in [0.2, 0.25) is 5.91 Å². The molecule has 0 aromatic rings. The number of unbranched alkanes of at least 4 members (excludes halogenated alkanes) is 11. The van der Waals surface area contributed by atoms with Crippen molar-refractivity contribution in [1.82, 2.24) is 5.32 Å². The number of carbonyl (C=O) groups is 1. The van der Waals surface area contributed by atoms with Gasteiger partial charge in [-0.2, -0.15) is 0 Å². The first-order valence-corrected chi connectivity index (χ1v) is 27.1. The van der Waals surface area contributed by atoms with Crippen LogP contribution in [0.3, 0.4) is 0 Å². The number of hydrogen-bond donors (Lipinski definition) is 9. The van der Waals surface area contributed by atoms with Crippen molar-refractivity contribution < 1.29 is 64.6 Å². The second-order valence-electron chi connectivity index (χ2n) is 18.6. The minimum absolute atomic E-state index is 0.138. The lowest BCUT2D eigenvalue weighted by Crippen LogP contribution is -2.65. The minimum Gasteiger partial charge on any atom is -0.394 e. The highest BCUT2D eigenvalue weighted by atomic mass is 16.7. The molecule has 2 rings (SSSR count). The van der Waals surface area contributed by atoms with E-state index < -0.39 is 86.8 Å². The van der Waals surface area contributed by atoms with Crippen LogP contribution in [0.2, 0.25) is 0 Å². The summed E-state index contributed by atoms with van der Waals surface area (Å²) < 4.78 is 22.7. The maximum absolute atomic E-state index is 13.2. The van der Waals surface area contributed by atoms with Gasteiger partial charge in [0.1, 0.15) is 48.8 Å². The molecule has 0 radical (unpaired) electrons. The molecule has 2 aliphatic heterocycles. The Hall–Kier alpha value is -3.35. The van der Waals surface area contributed by atoms with E-state index in [0.29, 0.717) is 12.8 Å². The topological polar surface area (TPSA) is 228 Å². The van der Waals surface area contributed by atoms with Crippen molar-refractivity contribution in [2.24, 2.45) is 0 Å². The first-order valence-electron chi connectivity index (χ1n) is 27.1. The molecule has 410 valence electrons. The summed E-state index contributed by atoms with van der Waals surface area (Å²) in [5.74, 6) is -0.341. The molecule has 2 fully saturated rings. The van der Waals surface area contributed by atoms with Gasteiger partial charge in [0.05, 0.1) is 32.0 Å². The molecule has 0 bridgehead atoms. The molecule has 2 heterocycles. The van der Waals surface area contributed by atoms with Gasteiger partial charge in [0, 0.05) is 6.42 Å². The number of rotatable bonds is 40. The SMILES string of the molecule is CC/C=C\C/C=C\C/C=C\C/C=C\C/C=C\C/C=C\CCC(=O)NC(COC1OC(CO)C(OC2OC(CO)C(O)C(O)C2O)C(O)C1O)C(O)/C=C/CC/C=C/CC/C=C/CCCCCCCCCCC. The monoisotopic (exact) mass is 1010 g/mol. The van der Waals surface area contributed by atoms with Gasteiger partial charge in [-0.3, -0.25) is 4.79 Å². The molecule has 9 N–H and O–H groups in total. The van der Waals surface area contributed by atoms with Crippen LogP contribution in [0, 0.1) is 0 Å². The zero-order valence-electron chi connectivity index (χ0n) is 43.6. The molecule has 2 aliphatic rings. The quantitative estimate of drug-likeness (QED) is 0.0209. The summed E-state index contributed by atoms with van der Waals surface area (Å²) in [6.45, 7) is 2.57. The van der Waals surface area contributed by atoms with Crippen molar-refractivity contribution in [3.63, 3.8) is 0 Å². The van der Waals surface area contributed by atoms with Crippen LogP contribution in [0.25, 0.3) is 0 Å². The Morgan fingerprint density at radius 1 is 0.514 bits per heavy atom. The summed E-state index contributed by atoms with van der Waals surface area (Å²) >= 11 is 0. The largest absolute Gasteiger partial charge is 0.394 e. The zero-order chi connectivity index (χ0) is 52.4. The Morgan fingerprint density at radius 2 is 0.972 bits per heavy atom. The normalized spacial score (nSPS) is 26.5. The highest BCUT2D eigenvalue weighted by Crippen LogP contribution is 2.30. The van der Waals surface area contributed by atoms with Gasteiger partial charge in [0.25, 0.3) is 0 Å². The van der Waals surface area contributed by atoms with Crippen LogP contribution >= 0.6 is 0 Å². The van der Waals surface area contributed by atoms with Crippen molar-refractivity contribution in [3.8, 4) is 0 Å². The molecule has 1 amide bonds. The average Bonchev–Trinajstić information content (AvgIpc) is 3.38. The van der Waals surface area contributed by atoms with Gasteiger partial charge >= 0.3 is 0 Å². The van der Waals surface area contributed by atoms with Crippen molar-refractivity contribution in [1.29, 1.82) is 0 Å². The van der Waals surface area contributed by atoms with Crippen LogP contribution in [0.4, 0.5) is 0 Å². The smallest absolute Gasteiger partial charge is 0.220 e. The molecule has 0 aromatic heterocycles. The molecule has 0 aliphatic carbocycles. The molecule has 12 atom stereocenters. The predicted molar refractivity (Wildman–Crippen MR) is 285 cm³/mol. The van der Waals surface area contributed by atoms with Crippen LogP contribution in [0.5, 0.6) is 0 Å². The van der Waals surface area contributed by atoms with Gasteiger partial charge < -0.3 is 65.1 Å². The molecule has 14 heteroatoms. The van der Waals surface area contributed by atoms with Crippen molar-refractivity contribution >= 4 is 5.91 Å². The molecule has 0 aromatic carbocycles. The van der Waals surface area contributed by atoms with E-state index in [0.717, 1.165) is 64.2 Å². The van der Waals surface area contributed by atoms with Crippen LogP contribution in [-0.4, -0.2) is 140 Å². The minimum atomic E-state index is -1.80. The van der Waals surface area contributed by atoms with Gasteiger partial charge in [0.15, 0.2) is 12.6 Å². The fourth-order valence-corrected chi connectivity index (χ4v) is 8.05. The Kier molecular flexibility index (Phi) is 38.6. The highest BCUT2D eigenvalue weighted by Gasteiger charge is 2.51. The lowest BCUT2D eigenvalue weighted by atomic mass is 9.97. The Labute approximate surface area is 432 Å². The fraction of sp³-hybridized carbons (Fsp3) is 0.672. The third kappa shape index (κ3) is 28.9. The summed E-state index contributed by atoms with van der Waals surface area (Å²) in [6, 6.07) is -0.986. The number of ether oxygens (including phenoxy) is 4. The summed E-state index contributed by atoms with van der Waals surface area (Å²) in [6.07, 6.45) is 42.8. The van der Waals surface area contributed by atoms with Crippen LogP contribution in [0.15, 0.2) is 109 Å². The summed E-state index contributed by atoms with van der Waals surface area (Å²) in [5.41, 5.74) is 0. The molecular weight excluding hydrogens is 919 g/mol. The van der Waals surface area contributed by atoms with Crippen molar-refractivity contribution in [3.05, 3.63) is 109 Å². The number of nitrogens with one attached hydrogen (secondary N) is 1. The Morgan fingerprint density at radius 3 is 1.51 bits per heavy atom. The molecular formula is C58H95NO13. The van der Waals surface area contributed by atoms with E-state index in [2.05, 4.69) is 104 Å². The van der Waals surface area contributed by atoms with E-state index in [4.69, 9.17) is 18.9 Å². The number of carbonyl (C=O) groups excluding carboxylic acids is 1. The van der Waals surface area contributed by atoms with Crippen LogP contribution < -0.4 is 5.32 Å². The second kappa shape index (κ2) is 42.9. The Bertz CT molecular complexity index is 1620. The molecule has 14 nitrogen and oxygen atoms in total. The standard InChI is InChI=1S/C58H95NO13/c1-3-5-7-9-11-13-15-17-19-21-23-25-27-29-31-33-35-37-39-41-47(62)46(59-50(63)42-40-38-36-34-32-30-28-26-24-22-20-18-16-14-12-10-8-6-4-2)45-69-57-55(68)53(66)56(49(44-61)71-57)72-58-54(67)52(65)51(64)48(43-60)70-58/h6,8,12,14,18,20,23-26,30-33,36,38-39,41,46-49,51-58,60-62,64-68H,3-5,7,9-11,13,15-17,19,21-22,27-29,34-35,37,40,42-45H2,1-2H3,(H,59,63)/b8-6-,14-12-,20-18-,25-23+,26-24-,32-30-,33-31+,38-36-,41-39+. The number of allylic oxidation sites excluding steroid dienone is 17. The zero-order valence-corrected chi connectivity index (χ0v) is 43.6. The number of amides is 1. The number of aliphatic hydroxyl groups excluding tert-OH is 8. The summed E-state index contributed by atoms with van der Waals surface area (Å²) in [7, 11) is 0. The van der Waals surface area contributed by atoms with Crippen LogP contribution in [0.1, 0.15) is 155 Å². The maximum atomic E-state index is 13.2. The third-order valence-electron chi connectivity index (χ3n) is 12.4. The van der Waals surface area contributed by atoms with E-state index in [1.807, 2.05) is 18.2 Å². The average molecular weight is 1010 g/mol. The molecule has 0 saturated carbocycles. The molecule has 0 spiro atoms. The number of aliphatic hydroxyl groups is 8. The van der Waals surface area contributed by atoms with E-state index in [-0.39, 0.29) is 18.9 Å². The van der Waals surface area contributed by atoms with E-state index >= 15 is 0 Å². The van der Waals surface area contributed by atoms with Gasteiger partial charge in [-0.15, -0.1) is 0 Å². The van der Waals surface area contributed by atoms with Crippen molar-refractivity contribution in [2.45, 2.75) is 229 Å². The second-order valence-corrected chi connectivity index (χ2v) is 18.6. The van der Waals surface area contributed by atoms with Crippen LogP contribution in [-0.2, 0) is 23.7 Å². The molecule has 2 saturated heterocycles. The fourth-order valence-electron chi connectivity index (χ4n) is 8.05. The van der Waals surface area contributed by atoms with Gasteiger partial charge in [-0.1, -0.05) is 175 Å². The molecule has 72 heavy (non-hydrogen) atoms. The van der Waals surface area contributed by atoms with Gasteiger partial charge in [-0.25, -0.2) is 0 Å². The van der Waals surface area contributed by atoms with Crippen molar-refractivity contribution in [2.75, 3.05) is 19.8 Å². The van der Waals surface area contributed by atoms with Gasteiger partial charge in [-0.05, 0) is 83.5 Å². The lowest BCUT2D eigenvalue weighted by Gasteiger charge is -2.46. The lowest BCUT2D eigenvalue weighted by molar-refractivity contribution is -0.359. The third-order valence-corrected chi connectivity index (χ3v) is 12.4. The highest BCUT2D eigenvalue weighted by molar-refractivity contribution is 5.76. The maximum Gasteiger partial charge on any atom is 0.220 e. The first kappa shape index (κ1) is 64.8. The summed E-state index contributed by atoms with van der Waals surface area (Å²) in [4.78, 5) is 13.2. The predicted octanol–water partition coefficient (Wildman–Crippen LogP) is 8.10. The Balaban J connectivity index is 1.89. The first-order chi connectivity index (χ1) is 35.1. The van der Waals surface area contributed by atoms with E-state index in [1.165, 1.54) is 57.8 Å². The van der Waals surface area contributed by atoms with E-state index in [1.54, 1.807) is 6.08 Å². The van der Waals surface area contributed by atoms with E-state index in [9.17, 15) is 45.6 Å². The molecule has 12 unspecified atom stereocenters. The summed E-state index contributed by atoms with van der Waals surface area (Å²) in [5, 5.41) is 86.8.